The van der Waals surface area contributed by atoms with Crippen molar-refractivity contribution in [3.05, 3.63) is 133 Å². The first-order chi connectivity index (χ1) is 19.3. The third-order valence-corrected chi connectivity index (χ3v) is 7.06. The molecule has 0 amide bonds. The van der Waals surface area contributed by atoms with Crippen molar-refractivity contribution in [1.29, 1.82) is 0 Å². The first-order valence-corrected chi connectivity index (χ1v) is 12.9. The molecule has 0 atom stereocenters. The Morgan fingerprint density at radius 2 is 1.44 bits per heavy atom. The zero-order valence-corrected chi connectivity index (χ0v) is 21.2. The fraction of sp³-hybridized carbons (Fsp3) is 0.0606. The van der Waals surface area contributed by atoms with Crippen molar-refractivity contribution in [1.82, 2.24) is 25.2 Å². The molecule has 0 fully saturated rings. The van der Waals surface area contributed by atoms with E-state index in [4.69, 9.17) is 4.74 Å². The summed E-state index contributed by atoms with van der Waals surface area (Å²) in [5.74, 6) is 1.29. The summed E-state index contributed by atoms with van der Waals surface area (Å²) in [7, 11) is 0. The summed E-state index contributed by atoms with van der Waals surface area (Å²) in [5, 5.41) is 17.4. The zero-order valence-electron chi connectivity index (χ0n) is 21.2. The number of tetrazole rings is 1. The Balaban J connectivity index is 1.38. The molecule has 39 heavy (non-hydrogen) atoms. The Morgan fingerprint density at radius 1 is 0.692 bits per heavy atom. The molecule has 1 N–H and O–H groups in total. The molecule has 6 heteroatoms. The van der Waals surface area contributed by atoms with Crippen LogP contribution >= 0.6 is 0 Å². The zero-order chi connectivity index (χ0) is 26.0. The Kier molecular flexibility index (Phi) is 5.83. The van der Waals surface area contributed by atoms with Gasteiger partial charge in [0, 0.05) is 23.0 Å². The van der Waals surface area contributed by atoms with Crippen molar-refractivity contribution < 1.29 is 4.74 Å². The molecule has 5 aromatic carbocycles. The molecule has 0 unspecified atom stereocenters. The van der Waals surface area contributed by atoms with E-state index in [-0.39, 0.29) is 6.61 Å². The SMILES string of the molecule is c1ccc(Cn2c(-c3ccc4cc(OCc5nn[nH]n5)ccc4c3)c(-c3ccccc3)c3ccccc32)cc1. The maximum Gasteiger partial charge on any atom is 0.211 e. The number of rotatable bonds is 7. The number of fused-ring (bicyclic) bond motifs is 2. The van der Waals surface area contributed by atoms with Crippen molar-refractivity contribution >= 4 is 21.7 Å². The number of nitrogens with one attached hydrogen (secondary N) is 1. The van der Waals surface area contributed by atoms with Crippen LogP contribution < -0.4 is 4.74 Å². The van der Waals surface area contributed by atoms with Gasteiger partial charge in [0.05, 0.1) is 5.69 Å². The highest BCUT2D eigenvalue weighted by Crippen LogP contribution is 2.42. The van der Waals surface area contributed by atoms with Crippen LogP contribution in [0.4, 0.5) is 0 Å². The van der Waals surface area contributed by atoms with Crippen LogP contribution in [-0.4, -0.2) is 25.2 Å². The lowest BCUT2D eigenvalue weighted by atomic mass is 9.97. The van der Waals surface area contributed by atoms with E-state index in [1.807, 2.05) is 6.07 Å². The smallest absolute Gasteiger partial charge is 0.211 e. The van der Waals surface area contributed by atoms with E-state index in [0.29, 0.717) is 5.82 Å². The number of nitrogens with zero attached hydrogens (tertiary/aromatic N) is 4. The molecule has 7 aromatic rings. The second-order valence-electron chi connectivity index (χ2n) is 9.52. The Bertz CT molecular complexity index is 1880. The van der Waals surface area contributed by atoms with Crippen LogP contribution in [0, 0.1) is 0 Å². The van der Waals surface area contributed by atoms with Crippen LogP contribution in [-0.2, 0) is 13.2 Å². The molecule has 0 aliphatic rings. The minimum atomic E-state index is 0.264. The van der Waals surface area contributed by atoms with Gasteiger partial charge < -0.3 is 9.30 Å². The lowest BCUT2D eigenvalue weighted by Gasteiger charge is -2.14. The van der Waals surface area contributed by atoms with Crippen LogP contribution in [0.5, 0.6) is 5.75 Å². The topological polar surface area (TPSA) is 68.6 Å². The summed E-state index contributed by atoms with van der Waals surface area (Å²) in [5.41, 5.74) is 7.34. The van der Waals surface area contributed by atoms with Gasteiger partial charge in [-0.1, -0.05) is 102 Å². The van der Waals surface area contributed by atoms with Crippen LogP contribution in [0.1, 0.15) is 11.4 Å². The van der Waals surface area contributed by atoms with E-state index < -0.39 is 0 Å². The number of para-hydroxylation sites is 1. The molecule has 0 radical (unpaired) electrons. The highest BCUT2D eigenvalue weighted by atomic mass is 16.5. The summed E-state index contributed by atoms with van der Waals surface area (Å²) >= 11 is 0. The molecule has 2 heterocycles. The standard InChI is InChI=1S/C33H25N5O/c1-3-9-23(10-4-1)21-38-30-14-8-7-13-29(30)32(24-11-5-2-6-12-24)33(38)27-16-15-26-20-28(18-17-25(26)19-27)39-22-31-34-36-37-35-31/h1-20H,21-22H2,(H,34,35,36,37). The van der Waals surface area contributed by atoms with E-state index in [0.717, 1.165) is 23.1 Å². The maximum absolute atomic E-state index is 5.89. The van der Waals surface area contributed by atoms with Crippen LogP contribution in [0.15, 0.2) is 121 Å². The molecule has 6 nitrogen and oxygen atoms in total. The first-order valence-electron chi connectivity index (χ1n) is 12.9. The molecule has 0 aliphatic heterocycles. The second-order valence-corrected chi connectivity index (χ2v) is 9.52. The number of hydrogen-bond acceptors (Lipinski definition) is 4. The number of H-pyrrole nitrogens is 1. The third-order valence-electron chi connectivity index (χ3n) is 7.06. The van der Waals surface area contributed by atoms with Crippen LogP contribution in [0.3, 0.4) is 0 Å². The summed E-state index contributed by atoms with van der Waals surface area (Å²) in [4.78, 5) is 0. The molecule has 0 aliphatic carbocycles. The van der Waals surface area contributed by atoms with Crippen LogP contribution in [0.2, 0.25) is 0 Å². The lowest BCUT2D eigenvalue weighted by molar-refractivity contribution is 0.296. The van der Waals surface area contributed by atoms with Gasteiger partial charge >= 0.3 is 0 Å². The summed E-state index contributed by atoms with van der Waals surface area (Å²) in [6, 6.07) is 42.9. The number of ether oxygens (including phenoxy) is 1. The Morgan fingerprint density at radius 3 is 2.26 bits per heavy atom. The van der Waals surface area contributed by atoms with E-state index in [9.17, 15) is 0 Å². The highest BCUT2D eigenvalue weighted by molar-refractivity contribution is 6.05. The van der Waals surface area contributed by atoms with Gasteiger partial charge in [0.15, 0.2) is 6.61 Å². The van der Waals surface area contributed by atoms with E-state index in [2.05, 4.69) is 140 Å². The molecule has 0 saturated carbocycles. The average Bonchev–Trinajstić information content (AvgIpc) is 3.63. The lowest BCUT2D eigenvalue weighted by Crippen LogP contribution is -2.02. The maximum atomic E-state index is 5.89. The molecule has 0 spiro atoms. The van der Waals surface area contributed by atoms with E-state index in [1.165, 1.54) is 38.9 Å². The van der Waals surface area contributed by atoms with Gasteiger partial charge in [-0.05, 0) is 51.7 Å². The van der Waals surface area contributed by atoms with Crippen molar-refractivity contribution in [3.8, 4) is 28.1 Å². The second kappa shape index (κ2) is 9.91. The number of benzene rings is 5. The van der Waals surface area contributed by atoms with Gasteiger partial charge in [-0.25, -0.2) is 0 Å². The summed E-state index contributed by atoms with van der Waals surface area (Å²) in [6.45, 7) is 1.05. The quantitative estimate of drug-likeness (QED) is 0.246. The molecule has 0 saturated heterocycles. The predicted molar refractivity (Wildman–Crippen MR) is 154 cm³/mol. The van der Waals surface area contributed by atoms with Crippen LogP contribution in [0.25, 0.3) is 44.1 Å². The van der Waals surface area contributed by atoms with Gasteiger partial charge in [0.2, 0.25) is 5.82 Å². The van der Waals surface area contributed by atoms with Gasteiger partial charge in [-0.2, -0.15) is 5.21 Å². The Hall–Kier alpha value is -5.23. The van der Waals surface area contributed by atoms with E-state index in [1.54, 1.807) is 0 Å². The monoisotopic (exact) mass is 507 g/mol. The fourth-order valence-corrected chi connectivity index (χ4v) is 5.28. The third kappa shape index (κ3) is 4.42. The number of aromatic amines is 1. The van der Waals surface area contributed by atoms with Gasteiger partial charge in [-0.3, -0.25) is 0 Å². The minimum absolute atomic E-state index is 0.264. The molecule has 188 valence electrons. The van der Waals surface area contributed by atoms with E-state index >= 15 is 0 Å². The van der Waals surface area contributed by atoms with Crippen molar-refractivity contribution in [2.45, 2.75) is 13.2 Å². The largest absolute Gasteiger partial charge is 0.485 e. The molecule has 7 rings (SSSR count). The predicted octanol–water partition coefficient (Wildman–Crippen LogP) is 7.27. The normalized spacial score (nSPS) is 11.3. The number of hydrogen-bond donors (Lipinski definition) is 1. The molecular formula is C33H25N5O. The van der Waals surface area contributed by atoms with Gasteiger partial charge in [0.1, 0.15) is 5.75 Å². The summed E-state index contributed by atoms with van der Waals surface area (Å²) < 4.78 is 8.34. The fourth-order valence-electron chi connectivity index (χ4n) is 5.28. The minimum Gasteiger partial charge on any atom is -0.485 e. The first kappa shape index (κ1) is 22.9. The molecular weight excluding hydrogens is 482 g/mol. The molecule has 2 aromatic heterocycles. The summed E-state index contributed by atoms with van der Waals surface area (Å²) in [6.07, 6.45) is 0. The van der Waals surface area contributed by atoms with Crippen molar-refractivity contribution in [2.24, 2.45) is 0 Å². The highest BCUT2D eigenvalue weighted by Gasteiger charge is 2.20. The van der Waals surface area contributed by atoms with Gasteiger partial charge in [-0.15, -0.1) is 10.2 Å². The van der Waals surface area contributed by atoms with Gasteiger partial charge in [0.25, 0.3) is 0 Å². The molecule has 0 bridgehead atoms. The van der Waals surface area contributed by atoms with Crippen molar-refractivity contribution in [2.75, 3.05) is 0 Å². The van der Waals surface area contributed by atoms with Crippen molar-refractivity contribution in [3.63, 3.8) is 0 Å². The average molecular weight is 508 g/mol. The number of aromatic nitrogens is 5. The Labute approximate surface area is 225 Å².